The number of likely N-dealkylation sites (tertiary alicyclic amines) is 1. The Balaban J connectivity index is 1.42. The van der Waals surface area contributed by atoms with Gasteiger partial charge in [0.15, 0.2) is 0 Å². The van der Waals surface area contributed by atoms with Gasteiger partial charge in [-0.15, -0.1) is 0 Å². The van der Waals surface area contributed by atoms with Crippen LogP contribution in [-0.2, 0) is 17.8 Å². The van der Waals surface area contributed by atoms with Crippen LogP contribution < -0.4 is 5.73 Å². The second-order valence-corrected chi connectivity index (χ2v) is 7.42. The molecule has 1 amide bonds. The average Bonchev–Trinajstić information content (AvgIpc) is 2.65. The van der Waals surface area contributed by atoms with Crippen molar-refractivity contribution in [3.63, 3.8) is 0 Å². The fourth-order valence-electron chi connectivity index (χ4n) is 3.69. The van der Waals surface area contributed by atoms with Crippen LogP contribution in [0.4, 0.5) is 5.69 Å². The molecule has 1 heterocycles. The number of nitrogen functional groups attached to an aromatic ring is 1. The number of hydrogen-bond acceptors (Lipinski definition) is 3. The predicted molar refractivity (Wildman–Crippen MR) is 107 cm³/mol. The van der Waals surface area contributed by atoms with Gasteiger partial charge in [0, 0.05) is 31.9 Å². The zero-order chi connectivity index (χ0) is 18.4. The maximum atomic E-state index is 12.5. The smallest absolute Gasteiger partial charge is 0.226 e. The molecule has 4 heteroatoms. The largest absolute Gasteiger partial charge is 0.399 e. The summed E-state index contributed by atoms with van der Waals surface area (Å²) >= 11 is 0. The monoisotopic (exact) mass is 351 g/mol. The summed E-state index contributed by atoms with van der Waals surface area (Å²) in [5, 5.41) is 0. The molecule has 0 radical (unpaired) electrons. The molecule has 1 fully saturated rings. The number of carbonyl (C=O) groups excluding carboxylic acids is 1. The van der Waals surface area contributed by atoms with Gasteiger partial charge in [0.1, 0.15) is 0 Å². The van der Waals surface area contributed by atoms with Crippen LogP contribution >= 0.6 is 0 Å². The van der Waals surface area contributed by atoms with Gasteiger partial charge in [-0.2, -0.15) is 0 Å². The van der Waals surface area contributed by atoms with Gasteiger partial charge in [0.2, 0.25) is 5.91 Å². The number of nitrogens with two attached hydrogens (primary N) is 1. The molecular formula is C22H29N3O. The molecule has 0 aliphatic carbocycles. The molecule has 0 atom stereocenters. The van der Waals surface area contributed by atoms with Crippen molar-refractivity contribution in [3.8, 4) is 0 Å². The van der Waals surface area contributed by atoms with Crippen molar-refractivity contribution in [2.75, 3.05) is 32.4 Å². The van der Waals surface area contributed by atoms with Crippen molar-refractivity contribution in [2.45, 2.75) is 25.8 Å². The van der Waals surface area contributed by atoms with E-state index < -0.39 is 0 Å². The highest BCUT2D eigenvalue weighted by Crippen LogP contribution is 2.20. The van der Waals surface area contributed by atoms with E-state index in [1.165, 1.54) is 5.56 Å². The van der Waals surface area contributed by atoms with E-state index in [0.29, 0.717) is 12.3 Å². The summed E-state index contributed by atoms with van der Waals surface area (Å²) in [5.74, 6) is 0.898. The summed E-state index contributed by atoms with van der Waals surface area (Å²) in [4.78, 5) is 16.9. The van der Waals surface area contributed by atoms with Crippen molar-refractivity contribution >= 4 is 11.6 Å². The Morgan fingerprint density at radius 1 is 1.04 bits per heavy atom. The maximum absolute atomic E-state index is 12.5. The topological polar surface area (TPSA) is 49.6 Å². The van der Waals surface area contributed by atoms with Crippen LogP contribution in [-0.4, -0.2) is 42.4 Å². The number of piperidine rings is 1. The molecule has 2 aromatic rings. The van der Waals surface area contributed by atoms with Crippen LogP contribution in [0.5, 0.6) is 0 Å². The summed E-state index contributed by atoms with van der Waals surface area (Å²) in [5.41, 5.74) is 8.83. The van der Waals surface area contributed by atoms with Crippen LogP contribution in [0, 0.1) is 5.92 Å². The molecule has 2 aromatic carbocycles. The van der Waals surface area contributed by atoms with Gasteiger partial charge in [0.25, 0.3) is 0 Å². The lowest BCUT2D eigenvalue weighted by Crippen LogP contribution is -2.41. The molecule has 4 nitrogen and oxygen atoms in total. The highest BCUT2D eigenvalue weighted by atomic mass is 16.2. The molecule has 26 heavy (non-hydrogen) atoms. The summed E-state index contributed by atoms with van der Waals surface area (Å²) in [6.07, 6.45) is 2.65. The van der Waals surface area contributed by atoms with Gasteiger partial charge >= 0.3 is 0 Å². The summed E-state index contributed by atoms with van der Waals surface area (Å²) < 4.78 is 0. The number of benzene rings is 2. The van der Waals surface area contributed by atoms with E-state index in [2.05, 4.69) is 42.3 Å². The Kier molecular flexibility index (Phi) is 6.29. The average molecular weight is 351 g/mol. The van der Waals surface area contributed by atoms with E-state index in [-0.39, 0.29) is 5.91 Å². The highest BCUT2D eigenvalue weighted by molar-refractivity contribution is 5.79. The first-order valence-electron chi connectivity index (χ1n) is 9.45. The second-order valence-electron chi connectivity index (χ2n) is 7.42. The Morgan fingerprint density at radius 2 is 1.69 bits per heavy atom. The Morgan fingerprint density at radius 3 is 2.35 bits per heavy atom. The molecule has 2 N–H and O–H groups in total. The third-order valence-corrected chi connectivity index (χ3v) is 5.17. The summed E-state index contributed by atoms with van der Waals surface area (Å²) in [6.45, 7) is 3.82. The molecular weight excluding hydrogens is 322 g/mol. The highest BCUT2D eigenvalue weighted by Gasteiger charge is 2.23. The number of anilines is 1. The fraction of sp³-hybridized carbons (Fsp3) is 0.409. The van der Waals surface area contributed by atoms with E-state index in [4.69, 9.17) is 5.73 Å². The third-order valence-electron chi connectivity index (χ3n) is 5.17. The standard InChI is InChI=1S/C22H29N3O/c1-24(16-19-5-3-2-4-6-19)17-20-11-13-25(14-12-20)22(26)15-18-7-9-21(23)10-8-18/h2-10,20H,11-17,23H2,1H3. The minimum Gasteiger partial charge on any atom is -0.399 e. The first-order valence-corrected chi connectivity index (χ1v) is 9.45. The molecule has 0 aromatic heterocycles. The lowest BCUT2D eigenvalue weighted by molar-refractivity contribution is -0.131. The Bertz CT molecular complexity index is 691. The second kappa shape index (κ2) is 8.86. The van der Waals surface area contributed by atoms with E-state index in [1.807, 2.05) is 29.2 Å². The van der Waals surface area contributed by atoms with Gasteiger partial charge in [-0.3, -0.25) is 4.79 Å². The molecule has 0 bridgehead atoms. The Labute approximate surface area is 156 Å². The van der Waals surface area contributed by atoms with Crippen LogP contribution in [0.25, 0.3) is 0 Å². The lowest BCUT2D eigenvalue weighted by atomic mass is 9.95. The molecule has 1 aliphatic rings. The van der Waals surface area contributed by atoms with Crippen LogP contribution in [0.2, 0.25) is 0 Å². The first-order chi connectivity index (χ1) is 12.6. The van der Waals surface area contributed by atoms with Crippen molar-refractivity contribution in [1.29, 1.82) is 0 Å². The van der Waals surface area contributed by atoms with Gasteiger partial charge in [-0.25, -0.2) is 0 Å². The molecule has 1 aliphatic heterocycles. The third kappa shape index (κ3) is 5.33. The number of amides is 1. The normalized spacial score (nSPS) is 15.4. The van der Waals surface area contributed by atoms with Gasteiger partial charge in [-0.1, -0.05) is 42.5 Å². The molecule has 3 rings (SSSR count). The number of rotatable bonds is 6. The van der Waals surface area contributed by atoms with Crippen LogP contribution in [0.15, 0.2) is 54.6 Å². The molecule has 0 saturated carbocycles. The van der Waals surface area contributed by atoms with Gasteiger partial charge < -0.3 is 15.5 Å². The number of carbonyl (C=O) groups is 1. The SMILES string of the molecule is CN(Cc1ccccc1)CC1CCN(C(=O)Cc2ccc(N)cc2)CC1. The van der Waals surface area contributed by atoms with Crippen LogP contribution in [0.1, 0.15) is 24.0 Å². The van der Waals surface area contributed by atoms with Crippen molar-refractivity contribution in [1.82, 2.24) is 9.80 Å². The molecule has 1 saturated heterocycles. The molecule has 0 unspecified atom stereocenters. The van der Waals surface area contributed by atoms with E-state index in [1.54, 1.807) is 0 Å². The van der Waals surface area contributed by atoms with Crippen molar-refractivity contribution < 1.29 is 4.79 Å². The molecule has 138 valence electrons. The Hall–Kier alpha value is -2.33. The van der Waals surface area contributed by atoms with Crippen LogP contribution in [0.3, 0.4) is 0 Å². The fourth-order valence-corrected chi connectivity index (χ4v) is 3.69. The number of hydrogen-bond donors (Lipinski definition) is 1. The zero-order valence-corrected chi connectivity index (χ0v) is 15.6. The lowest BCUT2D eigenvalue weighted by Gasteiger charge is -2.34. The van der Waals surface area contributed by atoms with Gasteiger partial charge in [0.05, 0.1) is 6.42 Å². The summed E-state index contributed by atoms with van der Waals surface area (Å²) in [6, 6.07) is 18.2. The first kappa shape index (κ1) is 18.5. The molecule has 0 spiro atoms. The maximum Gasteiger partial charge on any atom is 0.226 e. The summed E-state index contributed by atoms with van der Waals surface area (Å²) in [7, 11) is 2.19. The van der Waals surface area contributed by atoms with Gasteiger partial charge in [-0.05, 0) is 49.1 Å². The minimum absolute atomic E-state index is 0.228. The van der Waals surface area contributed by atoms with E-state index >= 15 is 0 Å². The number of nitrogens with zero attached hydrogens (tertiary/aromatic N) is 2. The minimum atomic E-state index is 0.228. The zero-order valence-electron chi connectivity index (χ0n) is 15.6. The quantitative estimate of drug-likeness (QED) is 0.813. The van der Waals surface area contributed by atoms with Crippen molar-refractivity contribution in [3.05, 3.63) is 65.7 Å². The van der Waals surface area contributed by atoms with E-state index in [9.17, 15) is 4.79 Å². The predicted octanol–water partition coefficient (Wildman–Crippen LogP) is 3.18. The van der Waals surface area contributed by atoms with E-state index in [0.717, 1.165) is 50.3 Å². The van der Waals surface area contributed by atoms with Crippen molar-refractivity contribution in [2.24, 2.45) is 5.92 Å².